The SMILES string of the molecule is CCNC(=O)C(C)N(Cc1ccc(Cl)cc1)C(=O)CN(c1ccc(F)cc1)S(C)(=O)=O. The van der Waals surface area contributed by atoms with Crippen LogP contribution in [0.25, 0.3) is 0 Å². The lowest BCUT2D eigenvalue weighted by Gasteiger charge is -2.31. The number of sulfonamides is 1. The molecule has 0 spiro atoms. The van der Waals surface area contributed by atoms with Crippen LogP contribution in [0.4, 0.5) is 10.1 Å². The molecule has 0 aliphatic rings. The van der Waals surface area contributed by atoms with Crippen LogP contribution in [0.2, 0.25) is 5.02 Å². The second-order valence-corrected chi connectivity index (χ2v) is 9.31. The summed E-state index contributed by atoms with van der Waals surface area (Å²) in [5.41, 5.74) is 0.871. The van der Waals surface area contributed by atoms with E-state index in [9.17, 15) is 22.4 Å². The first-order valence-electron chi connectivity index (χ1n) is 9.57. The van der Waals surface area contributed by atoms with Gasteiger partial charge in [-0.2, -0.15) is 0 Å². The molecular formula is C21H25ClFN3O4S. The Hall–Kier alpha value is -2.65. The van der Waals surface area contributed by atoms with Crippen molar-refractivity contribution in [2.75, 3.05) is 23.7 Å². The van der Waals surface area contributed by atoms with Gasteiger partial charge >= 0.3 is 0 Å². The molecule has 0 heterocycles. The predicted octanol–water partition coefficient (Wildman–Crippen LogP) is 2.80. The Morgan fingerprint density at radius 2 is 1.68 bits per heavy atom. The first-order valence-corrected chi connectivity index (χ1v) is 11.8. The summed E-state index contributed by atoms with van der Waals surface area (Å²) in [5.74, 6) is -1.47. The largest absolute Gasteiger partial charge is 0.355 e. The molecule has 0 radical (unpaired) electrons. The van der Waals surface area contributed by atoms with Gasteiger partial charge in [0.15, 0.2) is 0 Å². The van der Waals surface area contributed by atoms with E-state index in [1.54, 1.807) is 38.1 Å². The lowest BCUT2D eigenvalue weighted by atomic mass is 10.1. The minimum atomic E-state index is -3.85. The van der Waals surface area contributed by atoms with Crippen molar-refractivity contribution in [3.05, 3.63) is 64.9 Å². The van der Waals surface area contributed by atoms with E-state index in [1.807, 2.05) is 0 Å². The van der Waals surface area contributed by atoms with Gasteiger partial charge in [0.2, 0.25) is 21.8 Å². The maximum Gasteiger partial charge on any atom is 0.244 e. The van der Waals surface area contributed by atoms with Gasteiger partial charge in [0.25, 0.3) is 0 Å². The number of carbonyl (C=O) groups is 2. The number of nitrogens with one attached hydrogen (secondary N) is 1. The molecule has 31 heavy (non-hydrogen) atoms. The van der Waals surface area contributed by atoms with Gasteiger partial charge in [-0.1, -0.05) is 23.7 Å². The summed E-state index contributed by atoms with van der Waals surface area (Å²) in [7, 11) is -3.85. The average molecular weight is 470 g/mol. The number of halogens is 2. The molecule has 168 valence electrons. The molecule has 1 unspecified atom stereocenters. The van der Waals surface area contributed by atoms with E-state index < -0.39 is 34.3 Å². The molecule has 0 aliphatic carbocycles. The summed E-state index contributed by atoms with van der Waals surface area (Å²) in [6.07, 6.45) is 0.959. The number of hydrogen-bond donors (Lipinski definition) is 1. The molecule has 2 aromatic carbocycles. The highest BCUT2D eigenvalue weighted by molar-refractivity contribution is 7.92. The molecule has 0 saturated carbocycles. The van der Waals surface area contributed by atoms with E-state index in [4.69, 9.17) is 11.6 Å². The summed E-state index contributed by atoms with van der Waals surface area (Å²) < 4.78 is 38.9. The molecule has 0 bridgehead atoms. The topological polar surface area (TPSA) is 86.8 Å². The Labute approximate surface area is 186 Å². The average Bonchev–Trinajstić information content (AvgIpc) is 2.71. The monoisotopic (exact) mass is 469 g/mol. The summed E-state index contributed by atoms with van der Waals surface area (Å²) in [6, 6.07) is 10.7. The van der Waals surface area contributed by atoms with E-state index in [1.165, 1.54) is 17.0 Å². The van der Waals surface area contributed by atoms with Gasteiger partial charge in [-0.3, -0.25) is 13.9 Å². The van der Waals surface area contributed by atoms with Crippen molar-refractivity contribution >= 4 is 39.1 Å². The molecule has 0 saturated heterocycles. The van der Waals surface area contributed by atoms with Crippen LogP contribution < -0.4 is 9.62 Å². The number of nitrogens with zero attached hydrogens (tertiary/aromatic N) is 2. The molecule has 2 rings (SSSR count). The Morgan fingerprint density at radius 1 is 1.10 bits per heavy atom. The molecule has 1 atom stereocenters. The fourth-order valence-corrected chi connectivity index (χ4v) is 3.89. The Bertz CT molecular complexity index is 1010. The first-order chi connectivity index (χ1) is 14.5. The van der Waals surface area contributed by atoms with Gasteiger partial charge in [-0.05, 0) is 55.8 Å². The predicted molar refractivity (Wildman–Crippen MR) is 119 cm³/mol. The van der Waals surface area contributed by atoms with Crippen LogP contribution >= 0.6 is 11.6 Å². The highest BCUT2D eigenvalue weighted by atomic mass is 35.5. The number of rotatable bonds is 9. The third-order valence-corrected chi connectivity index (χ3v) is 5.97. The Kier molecular flexibility index (Phi) is 8.41. The molecule has 10 heteroatoms. The highest BCUT2D eigenvalue weighted by Gasteiger charge is 2.29. The van der Waals surface area contributed by atoms with Crippen molar-refractivity contribution in [1.29, 1.82) is 0 Å². The van der Waals surface area contributed by atoms with E-state index in [0.717, 1.165) is 28.3 Å². The summed E-state index contributed by atoms with van der Waals surface area (Å²) in [4.78, 5) is 26.9. The van der Waals surface area contributed by atoms with Crippen molar-refractivity contribution in [2.24, 2.45) is 0 Å². The second kappa shape index (κ2) is 10.6. The molecule has 7 nitrogen and oxygen atoms in total. The number of hydrogen-bond acceptors (Lipinski definition) is 4. The zero-order valence-corrected chi connectivity index (χ0v) is 19.1. The molecule has 2 aromatic rings. The molecule has 0 aromatic heterocycles. The third kappa shape index (κ3) is 6.93. The first kappa shape index (κ1) is 24.6. The van der Waals surface area contributed by atoms with Crippen LogP contribution in [0, 0.1) is 5.82 Å². The summed E-state index contributed by atoms with van der Waals surface area (Å²) in [5, 5.41) is 3.20. The van der Waals surface area contributed by atoms with E-state index >= 15 is 0 Å². The van der Waals surface area contributed by atoms with Crippen LogP contribution in [0.1, 0.15) is 19.4 Å². The van der Waals surface area contributed by atoms with Crippen molar-refractivity contribution in [3.8, 4) is 0 Å². The van der Waals surface area contributed by atoms with Gasteiger partial charge in [-0.15, -0.1) is 0 Å². The smallest absolute Gasteiger partial charge is 0.244 e. The number of likely N-dealkylation sites (N-methyl/N-ethyl adjacent to an activating group) is 1. The molecule has 2 amide bonds. The molecule has 0 aliphatic heterocycles. The fraction of sp³-hybridized carbons (Fsp3) is 0.333. The van der Waals surface area contributed by atoms with Gasteiger partial charge in [0.1, 0.15) is 18.4 Å². The number of carbonyl (C=O) groups excluding carboxylic acids is 2. The van der Waals surface area contributed by atoms with Gasteiger partial charge in [-0.25, -0.2) is 12.8 Å². The van der Waals surface area contributed by atoms with Crippen molar-refractivity contribution < 1.29 is 22.4 Å². The second-order valence-electron chi connectivity index (χ2n) is 6.96. The fourth-order valence-electron chi connectivity index (χ4n) is 2.91. The van der Waals surface area contributed by atoms with Crippen LogP contribution in [0.5, 0.6) is 0 Å². The highest BCUT2D eigenvalue weighted by Crippen LogP contribution is 2.20. The Morgan fingerprint density at radius 3 is 2.19 bits per heavy atom. The van der Waals surface area contributed by atoms with Gasteiger partial charge < -0.3 is 10.2 Å². The lowest BCUT2D eigenvalue weighted by molar-refractivity contribution is -0.139. The normalized spacial score (nSPS) is 12.2. The number of benzene rings is 2. The Balaban J connectivity index is 2.35. The van der Waals surface area contributed by atoms with Crippen LogP contribution in [0.3, 0.4) is 0 Å². The summed E-state index contributed by atoms with van der Waals surface area (Å²) >= 11 is 5.92. The zero-order valence-electron chi connectivity index (χ0n) is 17.5. The van der Waals surface area contributed by atoms with Crippen molar-refractivity contribution in [1.82, 2.24) is 10.2 Å². The zero-order chi connectivity index (χ0) is 23.2. The molecule has 1 N–H and O–H groups in total. The van der Waals surface area contributed by atoms with Gasteiger partial charge in [0, 0.05) is 18.1 Å². The number of amides is 2. The molecule has 0 fully saturated rings. The molecular weight excluding hydrogens is 445 g/mol. The minimum absolute atomic E-state index is 0.0787. The van der Waals surface area contributed by atoms with Crippen LogP contribution in [-0.4, -0.2) is 50.5 Å². The van der Waals surface area contributed by atoms with Crippen molar-refractivity contribution in [2.45, 2.75) is 26.4 Å². The standard InChI is InChI=1S/C21H25ClFN3O4S/c1-4-24-21(28)15(2)25(13-16-5-7-17(22)8-6-16)20(27)14-26(31(3,29)30)19-11-9-18(23)10-12-19/h5-12,15H,4,13-14H2,1-3H3,(H,24,28). The minimum Gasteiger partial charge on any atom is -0.355 e. The van der Waals surface area contributed by atoms with Crippen LogP contribution in [0.15, 0.2) is 48.5 Å². The third-order valence-electron chi connectivity index (χ3n) is 4.58. The van der Waals surface area contributed by atoms with Gasteiger partial charge in [0.05, 0.1) is 11.9 Å². The van der Waals surface area contributed by atoms with E-state index in [-0.39, 0.29) is 18.1 Å². The van der Waals surface area contributed by atoms with E-state index in [0.29, 0.717) is 11.6 Å². The van der Waals surface area contributed by atoms with Crippen LogP contribution in [-0.2, 0) is 26.2 Å². The van der Waals surface area contributed by atoms with E-state index in [2.05, 4.69) is 5.32 Å². The maximum absolute atomic E-state index is 13.3. The van der Waals surface area contributed by atoms with Crippen molar-refractivity contribution in [3.63, 3.8) is 0 Å². The lowest BCUT2D eigenvalue weighted by Crippen LogP contribution is -2.51. The quantitative estimate of drug-likeness (QED) is 0.611. The maximum atomic E-state index is 13.3. The number of anilines is 1. The summed E-state index contributed by atoms with van der Waals surface area (Å²) in [6.45, 7) is 3.26.